The molecule has 1 aliphatic carbocycles. The topological polar surface area (TPSA) is 66.4 Å². The van der Waals surface area contributed by atoms with Crippen molar-refractivity contribution >= 4 is 11.9 Å². The van der Waals surface area contributed by atoms with E-state index in [0.717, 1.165) is 18.0 Å². The van der Waals surface area contributed by atoms with Gasteiger partial charge in [0.25, 0.3) is 5.91 Å². The second kappa shape index (κ2) is 7.98. The molecule has 4 nitrogen and oxygen atoms in total. The van der Waals surface area contributed by atoms with Crippen molar-refractivity contribution in [2.45, 2.75) is 12.8 Å². The first-order valence-electron chi connectivity index (χ1n) is 7.28. The van der Waals surface area contributed by atoms with Gasteiger partial charge in [0.05, 0.1) is 5.56 Å². The third-order valence-electron chi connectivity index (χ3n) is 3.30. The maximum absolute atomic E-state index is 11.5. The highest BCUT2D eigenvalue weighted by Crippen LogP contribution is 2.27. The maximum atomic E-state index is 11.5. The molecule has 0 saturated heterocycles. The molecule has 2 aromatic carbocycles. The lowest BCUT2D eigenvalue weighted by molar-refractivity contribution is 0.0696. The minimum atomic E-state index is -0.879. The lowest BCUT2D eigenvalue weighted by atomic mass is 10.2. The largest absolute Gasteiger partial charge is 0.478 e. The molecule has 4 heteroatoms. The number of carboxylic acid groups (broad SMARTS) is 1. The van der Waals surface area contributed by atoms with Crippen molar-refractivity contribution in [2.24, 2.45) is 5.92 Å². The van der Waals surface area contributed by atoms with Gasteiger partial charge >= 0.3 is 5.97 Å². The average Bonchev–Trinajstić information content (AvgIpc) is 3.39. The third-order valence-corrected chi connectivity index (χ3v) is 3.30. The first-order chi connectivity index (χ1) is 10.7. The number of benzene rings is 2. The van der Waals surface area contributed by atoms with E-state index in [-0.39, 0.29) is 5.91 Å². The van der Waals surface area contributed by atoms with Crippen LogP contribution in [0, 0.1) is 5.92 Å². The first-order valence-corrected chi connectivity index (χ1v) is 7.28. The van der Waals surface area contributed by atoms with E-state index < -0.39 is 5.97 Å². The van der Waals surface area contributed by atoms with Crippen molar-refractivity contribution in [1.29, 1.82) is 0 Å². The molecule has 2 aromatic rings. The molecule has 2 N–H and O–H groups in total. The number of carboxylic acids is 1. The number of rotatable bonds is 4. The molecule has 1 amide bonds. The molecule has 22 heavy (non-hydrogen) atoms. The molecule has 0 spiro atoms. The second-order valence-electron chi connectivity index (χ2n) is 5.19. The predicted molar refractivity (Wildman–Crippen MR) is 84.9 cm³/mol. The van der Waals surface area contributed by atoms with Gasteiger partial charge in [0.2, 0.25) is 0 Å². The van der Waals surface area contributed by atoms with Gasteiger partial charge in [-0.25, -0.2) is 4.79 Å². The Labute approximate surface area is 129 Å². The summed E-state index contributed by atoms with van der Waals surface area (Å²) in [5, 5.41) is 11.3. The summed E-state index contributed by atoms with van der Waals surface area (Å²) in [4.78, 5) is 21.7. The molecule has 3 rings (SSSR count). The van der Waals surface area contributed by atoms with Crippen molar-refractivity contribution in [2.75, 3.05) is 6.54 Å². The summed E-state index contributed by atoms with van der Waals surface area (Å²) in [6, 6.07) is 17.6. The standard InChI is InChI=1S/C11H13NO.C7H6O2/c13-11(12-8-9-6-7-9)10-4-2-1-3-5-10;8-7(9)6-4-2-1-3-5-6/h1-5,9H,6-8H2,(H,12,13);1-5H,(H,8,9). The Balaban J connectivity index is 0.000000172. The van der Waals surface area contributed by atoms with Crippen molar-refractivity contribution in [1.82, 2.24) is 5.32 Å². The van der Waals surface area contributed by atoms with E-state index in [9.17, 15) is 9.59 Å². The van der Waals surface area contributed by atoms with E-state index in [1.165, 1.54) is 12.8 Å². The summed E-state index contributed by atoms with van der Waals surface area (Å²) in [7, 11) is 0. The molecule has 0 bridgehead atoms. The number of carbonyl (C=O) groups is 2. The molecule has 0 heterocycles. The van der Waals surface area contributed by atoms with E-state index >= 15 is 0 Å². The highest BCUT2D eigenvalue weighted by Gasteiger charge is 2.21. The highest BCUT2D eigenvalue weighted by atomic mass is 16.4. The minimum absolute atomic E-state index is 0.0486. The van der Waals surface area contributed by atoms with E-state index in [1.54, 1.807) is 30.3 Å². The summed E-state index contributed by atoms with van der Waals surface area (Å²) in [6.07, 6.45) is 2.55. The van der Waals surface area contributed by atoms with Crippen molar-refractivity contribution in [3.8, 4) is 0 Å². The lowest BCUT2D eigenvalue weighted by Crippen LogP contribution is -2.25. The quantitative estimate of drug-likeness (QED) is 0.910. The fraction of sp³-hybridized carbons (Fsp3) is 0.222. The Kier molecular flexibility index (Phi) is 5.72. The Morgan fingerprint density at radius 3 is 1.82 bits per heavy atom. The molecule has 0 unspecified atom stereocenters. The Morgan fingerprint density at radius 1 is 0.909 bits per heavy atom. The van der Waals surface area contributed by atoms with Crippen LogP contribution in [0.5, 0.6) is 0 Å². The zero-order valence-corrected chi connectivity index (χ0v) is 12.2. The first kappa shape index (κ1) is 15.8. The summed E-state index contributed by atoms with van der Waals surface area (Å²) in [5.74, 6) is -0.0873. The number of carbonyl (C=O) groups excluding carboxylic acids is 1. The Hall–Kier alpha value is -2.62. The molecule has 0 atom stereocenters. The van der Waals surface area contributed by atoms with E-state index in [2.05, 4.69) is 5.32 Å². The number of aromatic carboxylic acids is 1. The van der Waals surface area contributed by atoms with Gasteiger partial charge in [0.1, 0.15) is 0 Å². The van der Waals surface area contributed by atoms with Gasteiger partial charge in [-0.2, -0.15) is 0 Å². The normalized spacial score (nSPS) is 12.7. The van der Waals surface area contributed by atoms with Gasteiger partial charge in [-0.1, -0.05) is 36.4 Å². The van der Waals surface area contributed by atoms with Crippen LogP contribution in [-0.2, 0) is 0 Å². The lowest BCUT2D eigenvalue weighted by Gasteiger charge is -2.02. The summed E-state index contributed by atoms with van der Waals surface area (Å²) >= 11 is 0. The Morgan fingerprint density at radius 2 is 1.41 bits per heavy atom. The van der Waals surface area contributed by atoms with Crippen LogP contribution >= 0.6 is 0 Å². The van der Waals surface area contributed by atoms with Crippen molar-refractivity contribution < 1.29 is 14.7 Å². The molecule has 0 aromatic heterocycles. The molecular formula is C18H19NO3. The fourth-order valence-corrected chi connectivity index (χ4v) is 1.83. The Bertz CT molecular complexity index is 607. The maximum Gasteiger partial charge on any atom is 0.335 e. The number of hydrogen-bond acceptors (Lipinski definition) is 2. The van der Waals surface area contributed by atoms with Gasteiger partial charge < -0.3 is 10.4 Å². The highest BCUT2D eigenvalue weighted by molar-refractivity contribution is 5.94. The summed E-state index contributed by atoms with van der Waals surface area (Å²) < 4.78 is 0. The van der Waals surface area contributed by atoms with E-state index in [4.69, 9.17) is 5.11 Å². The molecule has 0 aliphatic heterocycles. The SMILES string of the molecule is O=C(NCC1CC1)c1ccccc1.O=C(O)c1ccccc1. The van der Waals surface area contributed by atoms with Gasteiger partial charge in [0, 0.05) is 12.1 Å². The van der Waals surface area contributed by atoms with Crippen LogP contribution in [0.25, 0.3) is 0 Å². The van der Waals surface area contributed by atoms with Gasteiger partial charge in [-0.15, -0.1) is 0 Å². The third kappa shape index (κ3) is 5.40. The van der Waals surface area contributed by atoms with Crippen LogP contribution in [0.3, 0.4) is 0 Å². The van der Waals surface area contributed by atoms with Crippen molar-refractivity contribution in [3.05, 3.63) is 71.8 Å². The minimum Gasteiger partial charge on any atom is -0.478 e. The van der Waals surface area contributed by atoms with Crippen LogP contribution in [0.15, 0.2) is 60.7 Å². The molecular weight excluding hydrogens is 278 g/mol. The summed E-state index contributed by atoms with van der Waals surface area (Å²) in [5.41, 5.74) is 1.08. The molecule has 1 aliphatic rings. The van der Waals surface area contributed by atoms with Crippen LogP contribution < -0.4 is 5.32 Å². The monoisotopic (exact) mass is 297 g/mol. The van der Waals surface area contributed by atoms with Crippen LogP contribution in [-0.4, -0.2) is 23.5 Å². The zero-order chi connectivity index (χ0) is 15.8. The molecule has 1 fully saturated rings. The number of nitrogens with one attached hydrogen (secondary N) is 1. The summed E-state index contributed by atoms with van der Waals surface area (Å²) in [6.45, 7) is 0.841. The number of amides is 1. The second-order valence-corrected chi connectivity index (χ2v) is 5.19. The van der Waals surface area contributed by atoms with Crippen LogP contribution in [0.2, 0.25) is 0 Å². The number of hydrogen-bond donors (Lipinski definition) is 2. The van der Waals surface area contributed by atoms with Crippen LogP contribution in [0.4, 0.5) is 0 Å². The van der Waals surface area contributed by atoms with Gasteiger partial charge in [-0.3, -0.25) is 4.79 Å². The molecule has 1 saturated carbocycles. The fourth-order valence-electron chi connectivity index (χ4n) is 1.83. The van der Waals surface area contributed by atoms with E-state index in [1.807, 2.05) is 30.3 Å². The average molecular weight is 297 g/mol. The molecule has 0 radical (unpaired) electrons. The smallest absolute Gasteiger partial charge is 0.335 e. The van der Waals surface area contributed by atoms with Gasteiger partial charge in [0.15, 0.2) is 0 Å². The predicted octanol–water partition coefficient (Wildman–Crippen LogP) is 3.21. The zero-order valence-electron chi connectivity index (χ0n) is 12.2. The van der Waals surface area contributed by atoms with Crippen molar-refractivity contribution in [3.63, 3.8) is 0 Å². The van der Waals surface area contributed by atoms with E-state index in [0.29, 0.717) is 5.56 Å². The molecule has 114 valence electrons. The van der Waals surface area contributed by atoms with Crippen LogP contribution in [0.1, 0.15) is 33.6 Å². The van der Waals surface area contributed by atoms with Gasteiger partial charge in [-0.05, 0) is 43.0 Å².